The normalized spacial score (nSPS) is 18.4. The monoisotopic (exact) mass is 332 g/mol. The summed E-state index contributed by atoms with van der Waals surface area (Å²) in [7, 11) is 1.82. The molecular formula is C17H21FN4O2. The Kier molecular flexibility index (Phi) is 4.17. The molecule has 0 fully saturated rings. The van der Waals surface area contributed by atoms with Crippen molar-refractivity contribution in [2.45, 2.75) is 38.5 Å². The number of halogens is 1. The smallest absolute Gasteiger partial charge is 0.315 e. The van der Waals surface area contributed by atoms with Gasteiger partial charge in [0.15, 0.2) is 0 Å². The first-order valence-electron chi connectivity index (χ1n) is 7.83. The second kappa shape index (κ2) is 6.14. The summed E-state index contributed by atoms with van der Waals surface area (Å²) in [5, 5.41) is 9.82. The fourth-order valence-electron chi connectivity index (χ4n) is 2.91. The van der Waals surface area contributed by atoms with E-state index in [4.69, 9.17) is 4.74 Å². The number of carbonyl (C=O) groups excluding carboxylic acids is 1. The van der Waals surface area contributed by atoms with Crippen molar-refractivity contribution in [2.24, 2.45) is 7.05 Å². The van der Waals surface area contributed by atoms with E-state index in [-0.39, 0.29) is 17.9 Å². The van der Waals surface area contributed by atoms with Crippen LogP contribution in [0.1, 0.15) is 37.4 Å². The predicted octanol–water partition coefficient (Wildman–Crippen LogP) is 2.66. The van der Waals surface area contributed by atoms with Crippen LogP contribution in [0.5, 0.6) is 5.75 Å². The number of ether oxygens (including phenoxy) is 1. The van der Waals surface area contributed by atoms with E-state index in [1.165, 1.54) is 12.1 Å². The standard InChI is InChI=1S/C17H21FN4O2/c1-17(2)7-14(13-5-4-12(18)6-15(13)24-17)21-16(23)19-8-11-9-20-22(3)10-11/h4-6,9-10,14H,7-8H2,1-3H3,(H2,19,21,23). The Balaban J connectivity index is 1.68. The Hall–Kier alpha value is -2.57. The molecule has 1 atom stereocenters. The number of benzene rings is 1. The van der Waals surface area contributed by atoms with Crippen molar-refractivity contribution < 1.29 is 13.9 Å². The number of rotatable bonds is 3. The minimum absolute atomic E-state index is 0.238. The van der Waals surface area contributed by atoms with Crippen LogP contribution < -0.4 is 15.4 Å². The molecule has 6 nitrogen and oxygen atoms in total. The molecule has 1 unspecified atom stereocenters. The lowest BCUT2D eigenvalue weighted by molar-refractivity contribution is 0.0674. The maximum absolute atomic E-state index is 13.5. The lowest BCUT2D eigenvalue weighted by Gasteiger charge is -2.37. The van der Waals surface area contributed by atoms with E-state index in [1.807, 2.05) is 27.1 Å². The Morgan fingerprint density at radius 3 is 3.00 bits per heavy atom. The molecule has 1 aromatic carbocycles. The molecule has 1 aromatic heterocycles. The highest BCUT2D eigenvalue weighted by Gasteiger charge is 2.34. The number of nitrogens with zero attached hydrogens (tertiary/aromatic N) is 2. The highest BCUT2D eigenvalue weighted by Crippen LogP contribution is 2.39. The maximum Gasteiger partial charge on any atom is 0.315 e. The van der Waals surface area contributed by atoms with Crippen LogP contribution in [0.3, 0.4) is 0 Å². The zero-order valence-electron chi connectivity index (χ0n) is 14.0. The fraction of sp³-hybridized carbons (Fsp3) is 0.412. The SMILES string of the molecule is Cn1cc(CNC(=O)NC2CC(C)(C)Oc3cc(F)ccc32)cn1. The average molecular weight is 332 g/mol. The van der Waals surface area contributed by atoms with Crippen molar-refractivity contribution in [3.63, 3.8) is 0 Å². The molecule has 1 aliphatic heterocycles. The molecule has 1 aliphatic rings. The maximum atomic E-state index is 13.5. The van der Waals surface area contributed by atoms with Crippen LogP contribution in [0.2, 0.25) is 0 Å². The Morgan fingerprint density at radius 2 is 2.29 bits per heavy atom. The van der Waals surface area contributed by atoms with Gasteiger partial charge in [-0.15, -0.1) is 0 Å². The zero-order valence-corrected chi connectivity index (χ0v) is 14.0. The molecule has 2 amide bonds. The van der Waals surface area contributed by atoms with Gasteiger partial charge >= 0.3 is 6.03 Å². The molecule has 2 aromatic rings. The Labute approximate surface area is 140 Å². The Bertz CT molecular complexity index is 757. The molecule has 0 radical (unpaired) electrons. The largest absolute Gasteiger partial charge is 0.487 e. The van der Waals surface area contributed by atoms with Gasteiger partial charge in [0.25, 0.3) is 0 Å². The third kappa shape index (κ3) is 3.67. The summed E-state index contributed by atoms with van der Waals surface area (Å²) in [4.78, 5) is 12.2. The first kappa shape index (κ1) is 16.3. The van der Waals surface area contributed by atoms with Crippen LogP contribution in [0.4, 0.5) is 9.18 Å². The van der Waals surface area contributed by atoms with Crippen LogP contribution in [0.25, 0.3) is 0 Å². The molecule has 2 heterocycles. The van der Waals surface area contributed by atoms with Crippen molar-refractivity contribution in [1.29, 1.82) is 0 Å². The summed E-state index contributed by atoms with van der Waals surface area (Å²) >= 11 is 0. The Morgan fingerprint density at radius 1 is 1.50 bits per heavy atom. The van der Waals surface area contributed by atoms with E-state index in [9.17, 15) is 9.18 Å². The van der Waals surface area contributed by atoms with Gasteiger partial charge in [-0.1, -0.05) is 6.07 Å². The van der Waals surface area contributed by atoms with Gasteiger partial charge in [-0.05, 0) is 19.9 Å². The molecule has 24 heavy (non-hydrogen) atoms. The van der Waals surface area contributed by atoms with E-state index < -0.39 is 5.60 Å². The van der Waals surface area contributed by atoms with E-state index in [2.05, 4.69) is 15.7 Å². The van der Waals surface area contributed by atoms with Gasteiger partial charge in [0.2, 0.25) is 0 Å². The van der Waals surface area contributed by atoms with Gasteiger partial charge in [0.05, 0.1) is 12.2 Å². The van der Waals surface area contributed by atoms with E-state index in [0.29, 0.717) is 18.7 Å². The summed E-state index contributed by atoms with van der Waals surface area (Å²) in [6, 6.07) is 3.88. The minimum atomic E-state index is -0.484. The van der Waals surface area contributed by atoms with Gasteiger partial charge in [0.1, 0.15) is 17.2 Å². The lowest BCUT2D eigenvalue weighted by atomic mass is 9.90. The summed E-state index contributed by atoms with van der Waals surface area (Å²) in [5.74, 6) is 0.120. The van der Waals surface area contributed by atoms with Gasteiger partial charge in [-0.25, -0.2) is 9.18 Å². The van der Waals surface area contributed by atoms with Crippen LogP contribution >= 0.6 is 0 Å². The number of fused-ring (bicyclic) bond motifs is 1. The van der Waals surface area contributed by atoms with Crippen molar-refractivity contribution in [2.75, 3.05) is 0 Å². The zero-order chi connectivity index (χ0) is 17.3. The third-order valence-electron chi connectivity index (χ3n) is 3.95. The topological polar surface area (TPSA) is 68.2 Å². The van der Waals surface area contributed by atoms with Gasteiger partial charge in [-0.3, -0.25) is 4.68 Å². The molecule has 3 rings (SSSR count). The first-order chi connectivity index (χ1) is 11.3. The fourth-order valence-corrected chi connectivity index (χ4v) is 2.91. The molecule has 7 heteroatoms. The van der Waals surface area contributed by atoms with Crippen LogP contribution in [0, 0.1) is 5.82 Å². The summed E-state index contributed by atoms with van der Waals surface area (Å²) in [5.41, 5.74) is 1.22. The van der Waals surface area contributed by atoms with Crippen molar-refractivity contribution >= 4 is 6.03 Å². The number of nitrogens with one attached hydrogen (secondary N) is 2. The lowest BCUT2D eigenvalue weighted by Crippen LogP contribution is -2.44. The summed E-state index contributed by atoms with van der Waals surface area (Å²) in [6.07, 6.45) is 4.15. The van der Waals surface area contributed by atoms with Gasteiger partial charge in [-0.2, -0.15) is 5.10 Å². The van der Waals surface area contributed by atoms with Crippen molar-refractivity contribution in [3.8, 4) is 5.75 Å². The molecule has 0 saturated heterocycles. The number of amides is 2. The van der Waals surface area contributed by atoms with E-state index in [0.717, 1.165) is 11.1 Å². The van der Waals surface area contributed by atoms with Crippen molar-refractivity contribution in [1.82, 2.24) is 20.4 Å². The number of hydrogen-bond donors (Lipinski definition) is 2. The number of aromatic nitrogens is 2. The van der Waals surface area contributed by atoms with Crippen LogP contribution in [0.15, 0.2) is 30.6 Å². The third-order valence-corrected chi connectivity index (χ3v) is 3.95. The summed E-state index contributed by atoms with van der Waals surface area (Å²) < 4.78 is 21.0. The van der Waals surface area contributed by atoms with E-state index in [1.54, 1.807) is 16.9 Å². The number of hydrogen-bond acceptors (Lipinski definition) is 3. The van der Waals surface area contributed by atoms with E-state index >= 15 is 0 Å². The average Bonchev–Trinajstić information content (AvgIpc) is 2.89. The number of urea groups is 1. The highest BCUT2D eigenvalue weighted by molar-refractivity contribution is 5.74. The van der Waals surface area contributed by atoms with Crippen LogP contribution in [-0.2, 0) is 13.6 Å². The quantitative estimate of drug-likeness (QED) is 0.908. The minimum Gasteiger partial charge on any atom is -0.487 e. The molecule has 0 saturated carbocycles. The predicted molar refractivity (Wildman–Crippen MR) is 87.0 cm³/mol. The first-order valence-corrected chi connectivity index (χ1v) is 7.83. The van der Waals surface area contributed by atoms with Gasteiger partial charge in [0, 0.05) is 43.4 Å². The molecule has 0 bridgehead atoms. The molecule has 0 aliphatic carbocycles. The van der Waals surface area contributed by atoms with Crippen molar-refractivity contribution in [3.05, 3.63) is 47.5 Å². The highest BCUT2D eigenvalue weighted by atomic mass is 19.1. The van der Waals surface area contributed by atoms with Gasteiger partial charge < -0.3 is 15.4 Å². The summed E-state index contributed by atoms with van der Waals surface area (Å²) in [6.45, 7) is 4.23. The molecule has 0 spiro atoms. The second-order valence-corrected chi connectivity index (χ2v) is 6.65. The molecular weight excluding hydrogens is 311 g/mol. The second-order valence-electron chi connectivity index (χ2n) is 6.65. The number of aryl methyl sites for hydroxylation is 1. The molecule has 2 N–H and O–H groups in total. The number of carbonyl (C=O) groups is 1. The van der Waals surface area contributed by atoms with Crippen LogP contribution in [-0.4, -0.2) is 21.4 Å². The molecule has 128 valence electrons.